The number of nitrogens with zero attached hydrogens (tertiary/aromatic N) is 2. The lowest BCUT2D eigenvalue weighted by molar-refractivity contribution is -0.114. The van der Waals surface area contributed by atoms with Gasteiger partial charge in [0, 0.05) is 25.2 Å². The summed E-state index contributed by atoms with van der Waals surface area (Å²) in [5, 5.41) is 6.81. The number of hydrazone groups is 1. The minimum absolute atomic E-state index is 0.157. The van der Waals surface area contributed by atoms with Crippen LogP contribution in [0.1, 0.15) is 29.8 Å². The summed E-state index contributed by atoms with van der Waals surface area (Å²) >= 11 is 0. The normalized spacial score (nSPS) is 11.5. The van der Waals surface area contributed by atoms with E-state index in [0.717, 1.165) is 9.87 Å². The van der Waals surface area contributed by atoms with Crippen LogP contribution in [0, 0.1) is 0 Å². The molecule has 0 saturated heterocycles. The highest BCUT2D eigenvalue weighted by Gasteiger charge is 2.21. The Hall–Kier alpha value is -3.98. The van der Waals surface area contributed by atoms with Crippen molar-refractivity contribution in [1.29, 1.82) is 0 Å². The number of rotatable bonds is 7. The van der Waals surface area contributed by atoms with Gasteiger partial charge in [-0.1, -0.05) is 30.3 Å². The largest absolute Gasteiger partial charge is 0.326 e. The van der Waals surface area contributed by atoms with Crippen molar-refractivity contribution in [3.63, 3.8) is 0 Å². The molecule has 0 saturated carbocycles. The molecule has 0 aliphatic heterocycles. The lowest BCUT2D eigenvalue weighted by Crippen LogP contribution is -2.26. The fourth-order valence-corrected chi connectivity index (χ4v) is 4.19. The summed E-state index contributed by atoms with van der Waals surface area (Å²) in [6.07, 6.45) is 0. The number of anilines is 2. The Kier molecular flexibility index (Phi) is 7.24. The van der Waals surface area contributed by atoms with Gasteiger partial charge in [-0.3, -0.25) is 13.9 Å². The van der Waals surface area contributed by atoms with Crippen LogP contribution in [0.25, 0.3) is 0 Å². The zero-order valence-corrected chi connectivity index (χ0v) is 19.3. The van der Waals surface area contributed by atoms with Crippen LogP contribution in [0.5, 0.6) is 0 Å². The first-order chi connectivity index (χ1) is 15.7. The summed E-state index contributed by atoms with van der Waals surface area (Å²) in [6, 6.07) is 21.4. The molecular formula is C24H24N4O4S. The fraction of sp³-hybridized carbons (Fsp3) is 0.125. The molecule has 0 heterocycles. The molecule has 170 valence electrons. The van der Waals surface area contributed by atoms with Crippen molar-refractivity contribution in [2.24, 2.45) is 5.10 Å². The van der Waals surface area contributed by atoms with Gasteiger partial charge < -0.3 is 5.32 Å². The number of hydrogen-bond donors (Lipinski definition) is 2. The van der Waals surface area contributed by atoms with Crippen LogP contribution in [-0.4, -0.2) is 33.0 Å². The van der Waals surface area contributed by atoms with Gasteiger partial charge in [-0.05, 0) is 61.0 Å². The van der Waals surface area contributed by atoms with Gasteiger partial charge in [0.05, 0.1) is 16.3 Å². The number of sulfonamides is 1. The Morgan fingerprint density at radius 1 is 0.818 bits per heavy atom. The Balaban J connectivity index is 1.67. The van der Waals surface area contributed by atoms with E-state index in [2.05, 4.69) is 15.8 Å². The molecule has 3 rings (SSSR count). The summed E-state index contributed by atoms with van der Waals surface area (Å²) in [4.78, 5) is 23.7. The molecule has 0 aromatic heterocycles. The van der Waals surface area contributed by atoms with Gasteiger partial charge in [-0.15, -0.1) is 0 Å². The van der Waals surface area contributed by atoms with Crippen LogP contribution in [0.15, 0.2) is 88.9 Å². The molecule has 0 aliphatic rings. The molecule has 8 nitrogen and oxygen atoms in total. The van der Waals surface area contributed by atoms with Crippen LogP contribution >= 0.6 is 0 Å². The highest BCUT2D eigenvalue weighted by atomic mass is 32.2. The minimum atomic E-state index is -3.70. The second-order valence-electron chi connectivity index (χ2n) is 7.23. The fourth-order valence-electron chi connectivity index (χ4n) is 2.97. The predicted octanol–water partition coefficient (Wildman–Crippen LogP) is 3.62. The van der Waals surface area contributed by atoms with Gasteiger partial charge in [-0.2, -0.15) is 5.10 Å². The SMILES string of the molecule is CC(=O)Nc1ccc(/C(C)=N\NC(=O)c2ccc(N(C)S(=O)(=O)c3ccccc3)cc2)cc1. The van der Waals surface area contributed by atoms with Gasteiger partial charge in [-0.25, -0.2) is 13.8 Å². The maximum atomic E-state index is 12.7. The number of carbonyl (C=O) groups excluding carboxylic acids is 2. The number of nitrogens with one attached hydrogen (secondary N) is 2. The lowest BCUT2D eigenvalue weighted by atomic mass is 10.1. The van der Waals surface area contributed by atoms with E-state index < -0.39 is 15.9 Å². The van der Waals surface area contributed by atoms with Crippen LogP contribution in [0.4, 0.5) is 11.4 Å². The lowest BCUT2D eigenvalue weighted by Gasteiger charge is -2.19. The van der Waals surface area contributed by atoms with Crippen molar-refractivity contribution in [2.75, 3.05) is 16.7 Å². The molecular weight excluding hydrogens is 440 g/mol. The van der Waals surface area contributed by atoms with E-state index >= 15 is 0 Å². The first kappa shape index (κ1) is 23.7. The second kappa shape index (κ2) is 10.1. The summed E-state index contributed by atoms with van der Waals surface area (Å²) in [5.74, 6) is -0.584. The van der Waals surface area contributed by atoms with Crippen LogP contribution in [0.3, 0.4) is 0 Å². The van der Waals surface area contributed by atoms with Gasteiger partial charge in [0.15, 0.2) is 0 Å². The molecule has 33 heavy (non-hydrogen) atoms. The van der Waals surface area contributed by atoms with Crippen molar-refractivity contribution in [3.05, 3.63) is 90.0 Å². The standard InChI is InChI=1S/C24H24N4O4S/c1-17(19-9-13-21(14-10-19)25-18(2)29)26-27-24(30)20-11-15-22(16-12-20)28(3)33(31,32)23-7-5-4-6-8-23/h4-16H,1-3H3,(H,25,29)(H,27,30)/b26-17-. The molecule has 3 aromatic carbocycles. The Morgan fingerprint density at radius 3 is 1.97 bits per heavy atom. The van der Waals surface area contributed by atoms with Crippen molar-refractivity contribution < 1.29 is 18.0 Å². The van der Waals surface area contributed by atoms with Crippen molar-refractivity contribution >= 4 is 38.9 Å². The number of hydrogen-bond acceptors (Lipinski definition) is 5. The average Bonchev–Trinajstić information content (AvgIpc) is 2.82. The van der Waals surface area contributed by atoms with E-state index in [9.17, 15) is 18.0 Å². The second-order valence-corrected chi connectivity index (χ2v) is 9.20. The summed E-state index contributed by atoms with van der Waals surface area (Å²) in [7, 11) is -2.24. The van der Waals surface area contributed by atoms with Crippen molar-refractivity contribution in [2.45, 2.75) is 18.7 Å². The van der Waals surface area contributed by atoms with Gasteiger partial charge >= 0.3 is 0 Å². The van der Waals surface area contributed by atoms with Crippen LogP contribution in [0.2, 0.25) is 0 Å². The Labute approximate surface area is 193 Å². The third-order valence-corrected chi connectivity index (χ3v) is 6.64. The Bertz CT molecular complexity index is 1270. The number of amides is 2. The molecule has 0 spiro atoms. The molecule has 0 fully saturated rings. The monoisotopic (exact) mass is 464 g/mol. The van der Waals surface area contributed by atoms with Gasteiger partial charge in [0.1, 0.15) is 0 Å². The summed E-state index contributed by atoms with van der Waals surface area (Å²) < 4.78 is 26.7. The molecule has 2 N–H and O–H groups in total. The summed E-state index contributed by atoms with van der Waals surface area (Å²) in [5.41, 5.74) is 5.30. The zero-order chi connectivity index (χ0) is 24.0. The summed E-state index contributed by atoms with van der Waals surface area (Å²) in [6.45, 7) is 3.18. The quantitative estimate of drug-likeness (QED) is 0.411. The molecule has 0 radical (unpaired) electrons. The highest BCUT2D eigenvalue weighted by Crippen LogP contribution is 2.22. The maximum absolute atomic E-state index is 12.7. The van der Waals surface area contributed by atoms with E-state index in [1.807, 2.05) is 0 Å². The molecule has 0 bridgehead atoms. The minimum Gasteiger partial charge on any atom is -0.326 e. The molecule has 0 unspecified atom stereocenters. The first-order valence-corrected chi connectivity index (χ1v) is 11.5. The molecule has 2 amide bonds. The third kappa shape index (κ3) is 5.83. The molecule has 9 heteroatoms. The maximum Gasteiger partial charge on any atom is 0.271 e. The number of benzene rings is 3. The average molecular weight is 465 g/mol. The van der Waals surface area contributed by atoms with Crippen LogP contribution in [-0.2, 0) is 14.8 Å². The van der Waals surface area contributed by atoms with Gasteiger partial charge in [0.2, 0.25) is 5.91 Å². The van der Waals surface area contributed by atoms with Crippen molar-refractivity contribution in [3.8, 4) is 0 Å². The molecule has 0 atom stereocenters. The topological polar surface area (TPSA) is 108 Å². The molecule has 3 aromatic rings. The van der Waals surface area contributed by atoms with E-state index in [1.54, 1.807) is 61.5 Å². The van der Waals surface area contributed by atoms with E-state index in [1.165, 1.54) is 38.2 Å². The first-order valence-electron chi connectivity index (χ1n) is 10.0. The van der Waals surface area contributed by atoms with E-state index in [-0.39, 0.29) is 10.8 Å². The van der Waals surface area contributed by atoms with E-state index in [0.29, 0.717) is 22.6 Å². The third-order valence-electron chi connectivity index (χ3n) is 4.84. The van der Waals surface area contributed by atoms with Crippen molar-refractivity contribution in [1.82, 2.24) is 5.43 Å². The predicted molar refractivity (Wildman–Crippen MR) is 129 cm³/mol. The highest BCUT2D eigenvalue weighted by molar-refractivity contribution is 7.92. The smallest absolute Gasteiger partial charge is 0.271 e. The van der Waals surface area contributed by atoms with Gasteiger partial charge in [0.25, 0.3) is 15.9 Å². The number of carbonyl (C=O) groups is 2. The molecule has 0 aliphatic carbocycles. The Morgan fingerprint density at radius 2 is 1.39 bits per heavy atom. The van der Waals surface area contributed by atoms with E-state index in [4.69, 9.17) is 0 Å². The zero-order valence-electron chi connectivity index (χ0n) is 18.4. The van der Waals surface area contributed by atoms with Crippen LogP contribution < -0.4 is 15.0 Å².